The molecule has 0 saturated carbocycles. The molecule has 28 heavy (non-hydrogen) atoms. The van der Waals surface area contributed by atoms with E-state index >= 15 is 0 Å². The van der Waals surface area contributed by atoms with Crippen molar-refractivity contribution in [1.29, 1.82) is 0 Å². The summed E-state index contributed by atoms with van der Waals surface area (Å²) < 4.78 is 28.3. The second-order valence-electron chi connectivity index (χ2n) is 6.58. The molecule has 4 heteroatoms. The minimum atomic E-state index is -3.67. The summed E-state index contributed by atoms with van der Waals surface area (Å²) in [6, 6.07) is 25.8. The Morgan fingerprint density at radius 2 is 1.46 bits per heavy atom. The van der Waals surface area contributed by atoms with Crippen molar-refractivity contribution in [2.75, 3.05) is 0 Å². The van der Waals surface area contributed by atoms with Crippen LogP contribution in [0.15, 0.2) is 89.8 Å². The van der Waals surface area contributed by atoms with Gasteiger partial charge in [0.2, 0.25) is 10.0 Å². The first kappa shape index (κ1) is 19.9. The van der Waals surface area contributed by atoms with E-state index in [1.807, 2.05) is 55.5 Å². The third-order valence-corrected chi connectivity index (χ3v) is 5.80. The molecule has 3 aromatic rings. The molecule has 142 valence electrons. The lowest BCUT2D eigenvalue weighted by Gasteiger charge is -2.14. The Bertz CT molecular complexity index is 1050. The van der Waals surface area contributed by atoms with Crippen molar-refractivity contribution >= 4 is 10.0 Å². The van der Waals surface area contributed by atoms with Crippen LogP contribution in [0.2, 0.25) is 0 Å². The molecule has 0 bridgehead atoms. The number of hydrogen-bond donors (Lipinski definition) is 1. The van der Waals surface area contributed by atoms with Gasteiger partial charge in [0, 0.05) is 6.42 Å². The molecule has 0 spiro atoms. The van der Waals surface area contributed by atoms with Gasteiger partial charge in [-0.25, -0.2) is 8.42 Å². The Hall–Kier alpha value is -2.87. The lowest BCUT2D eigenvalue weighted by atomic mass is 10.1. The molecular formula is C24H23NO2S. The topological polar surface area (TPSA) is 46.2 Å². The molecule has 0 radical (unpaired) electrons. The molecule has 3 nitrogen and oxygen atoms in total. The fourth-order valence-corrected chi connectivity index (χ4v) is 3.93. The summed E-state index contributed by atoms with van der Waals surface area (Å²) in [7, 11) is -3.67. The fourth-order valence-electron chi connectivity index (χ4n) is 2.79. The van der Waals surface area contributed by atoms with Crippen molar-refractivity contribution in [2.24, 2.45) is 0 Å². The summed E-state index contributed by atoms with van der Waals surface area (Å²) in [5, 5.41) is 0. The van der Waals surface area contributed by atoms with Gasteiger partial charge in [-0.1, -0.05) is 84.3 Å². The van der Waals surface area contributed by atoms with Gasteiger partial charge in [0.25, 0.3) is 0 Å². The molecule has 0 heterocycles. The van der Waals surface area contributed by atoms with Crippen molar-refractivity contribution in [2.45, 2.75) is 30.7 Å². The van der Waals surface area contributed by atoms with E-state index in [0.29, 0.717) is 6.42 Å². The van der Waals surface area contributed by atoms with E-state index in [1.54, 1.807) is 24.3 Å². The number of aryl methyl sites for hydroxylation is 2. The van der Waals surface area contributed by atoms with E-state index < -0.39 is 16.1 Å². The van der Waals surface area contributed by atoms with Crippen LogP contribution >= 0.6 is 0 Å². The van der Waals surface area contributed by atoms with Crippen LogP contribution < -0.4 is 4.72 Å². The molecule has 1 atom stereocenters. The van der Waals surface area contributed by atoms with Gasteiger partial charge in [0.05, 0.1) is 4.90 Å². The molecule has 3 rings (SSSR count). The smallest absolute Gasteiger partial charge is 0.207 e. The largest absolute Gasteiger partial charge is 0.241 e. The molecule has 1 N–H and O–H groups in total. The minimum Gasteiger partial charge on any atom is -0.207 e. The monoisotopic (exact) mass is 389 g/mol. The first-order chi connectivity index (χ1) is 13.5. The van der Waals surface area contributed by atoms with Crippen LogP contribution in [-0.2, 0) is 16.4 Å². The Balaban J connectivity index is 1.78. The highest BCUT2D eigenvalue weighted by atomic mass is 32.2. The number of sulfonamides is 1. The second kappa shape index (κ2) is 9.36. The van der Waals surface area contributed by atoms with Gasteiger partial charge >= 0.3 is 0 Å². The molecule has 0 fully saturated rings. The summed E-state index contributed by atoms with van der Waals surface area (Å²) in [4.78, 5) is 0.241. The van der Waals surface area contributed by atoms with Gasteiger partial charge in [-0.05, 0) is 36.6 Å². The van der Waals surface area contributed by atoms with Gasteiger partial charge in [-0.3, -0.25) is 0 Å². The van der Waals surface area contributed by atoms with Gasteiger partial charge < -0.3 is 0 Å². The van der Waals surface area contributed by atoms with E-state index in [-0.39, 0.29) is 4.90 Å². The van der Waals surface area contributed by atoms with Gasteiger partial charge in [-0.15, -0.1) is 5.92 Å². The summed E-state index contributed by atoms with van der Waals surface area (Å²) in [6.45, 7) is 1.93. The Labute approximate surface area is 167 Å². The van der Waals surface area contributed by atoms with E-state index in [9.17, 15) is 8.42 Å². The summed E-state index contributed by atoms with van der Waals surface area (Å²) in [5.74, 6) is 6.24. The maximum absolute atomic E-state index is 12.8. The standard InChI is InChI=1S/C24H23NO2S/c1-20-16-18-23(19-17-20)28(26,27)25-24(22-13-6-3-7-14-22)15-9-8-12-21-10-4-2-5-11-21/h2-7,10-11,13-14,16-19,24-25H,8,12H2,1H3/t24-/m1/s1. The van der Waals surface area contributed by atoms with Crippen LogP contribution in [0.3, 0.4) is 0 Å². The fraction of sp³-hybridized carbons (Fsp3) is 0.167. The zero-order valence-corrected chi connectivity index (χ0v) is 16.6. The average Bonchev–Trinajstić information content (AvgIpc) is 2.72. The summed E-state index contributed by atoms with van der Waals surface area (Å²) in [6.07, 6.45) is 1.50. The molecule has 0 aliphatic heterocycles. The first-order valence-corrected chi connectivity index (χ1v) is 10.7. The van der Waals surface area contributed by atoms with Crippen LogP contribution in [0.5, 0.6) is 0 Å². The first-order valence-electron chi connectivity index (χ1n) is 9.21. The maximum Gasteiger partial charge on any atom is 0.241 e. The van der Waals surface area contributed by atoms with Crippen LogP contribution in [0.4, 0.5) is 0 Å². The second-order valence-corrected chi connectivity index (χ2v) is 8.30. The quantitative estimate of drug-likeness (QED) is 0.624. The third-order valence-electron chi connectivity index (χ3n) is 4.37. The van der Waals surface area contributed by atoms with Crippen LogP contribution in [0, 0.1) is 18.8 Å². The molecule has 0 aromatic heterocycles. The van der Waals surface area contributed by atoms with E-state index in [0.717, 1.165) is 17.5 Å². The molecule has 0 aliphatic rings. The van der Waals surface area contributed by atoms with Gasteiger partial charge in [-0.2, -0.15) is 4.72 Å². The summed E-state index contributed by atoms with van der Waals surface area (Å²) in [5.41, 5.74) is 3.05. The number of benzene rings is 3. The maximum atomic E-state index is 12.8. The lowest BCUT2D eigenvalue weighted by molar-refractivity contribution is 0.576. The van der Waals surface area contributed by atoms with Gasteiger partial charge in [0.15, 0.2) is 0 Å². The predicted octanol–water partition coefficient (Wildman–Crippen LogP) is 4.65. The zero-order chi connectivity index (χ0) is 19.8. The molecular weight excluding hydrogens is 366 g/mol. The highest BCUT2D eigenvalue weighted by Crippen LogP contribution is 2.17. The highest BCUT2D eigenvalue weighted by Gasteiger charge is 2.19. The van der Waals surface area contributed by atoms with E-state index in [1.165, 1.54) is 5.56 Å². The van der Waals surface area contributed by atoms with Crippen LogP contribution in [-0.4, -0.2) is 8.42 Å². The van der Waals surface area contributed by atoms with Crippen molar-refractivity contribution in [3.05, 3.63) is 102 Å². The number of rotatable bonds is 6. The van der Waals surface area contributed by atoms with Crippen molar-refractivity contribution in [3.63, 3.8) is 0 Å². The Morgan fingerprint density at radius 3 is 2.11 bits per heavy atom. The van der Waals surface area contributed by atoms with E-state index in [2.05, 4.69) is 28.7 Å². The van der Waals surface area contributed by atoms with Crippen molar-refractivity contribution < 1.29 is 8.42 Å². The zero-order valence-electron chi connectivity index (χ0n) is 15.8. The summed E-state index contributed by atoms with van der Waals surface area (Å²) >= 11 is 0. The predicted molar refractivity (Wildman–Crippen MR) is 113 cm³/mol. The van der Waals surface area contributed by atoms with Crippen LogP contribution in [0.25, 0.3) is 0 Å². The Kier molecular flexibility index (Phi) is 6.65. The number of nitrogens with one attached hydrogen (secondary N) is 1. The minimum absolute atomic E-state index is 0.241. The number of hydrogen-bond acceptors (Lipinski definition) is 2. The third kappa shape index (κ3) is 5.56. The molecule has 0 unspecified atom stereocenters. The Morgan fingerprint density at radius 1 is 0.857 bits per heavy atom. The molecule has 0 aliphatic carbocycles. The van der Waals surface area contributed by atoms with Crippen molar-refractivity contribution in [3.8, 4) is 11.8 Å². The highest BCUT2D eigenvalue weighted by molar-refractivity contribution is 7.89. The van der Waals surface area contributed by atoms with E-state index in [4.69, 9.17) is 0 Å². The molecule has 0 saturated heterocycles. The average molecular weight is 390 g/mol. The SMILES string of the molecule is Cc1ccc(S(=O)(=O)N[C@H](C#CCCc2ccccc2)c2ccccc2)cc1. The molecule has 0 amide bonds. The van der Waals surface area contributed by atoms with Gasteiger partial charge in [0.1, 0.15) is 6.04 Å². The molecule has 3 aromatic carbocycles. The van der Waals surface area contributed by atoms with Crippen molar-refractivity contribution in [1.82, 2.24) is 4.72 Å². The van der Waals surface area contributed by atoms with Crippen LogP contribution in [0.1, 0.15) is 29.2 Å². The normalized spacial score (nSPS) is 12.0. The lowest BCUT2D eigenvalue weighted by Crippen LogP contribution is -2.28.